The zero-order valence-corrected chi connectivity index (χ0v) is 17.9. The second-order valence-corrected chi connectivity index (χ2v) is 7.66. The fourth-order valence-electron chi connectivity index (χ4n) is 3.44. The van der Waals surface area contributed by atoms with Crippen LogP contribution in [0.1, 0.15) is 38.2 Å². The third-order valence-electron chi connectivity index (χ3n) is 5.19. The Morgan fingerprint density at radius 3 is 2.34 bits per heavy atom. The first kappa shape index (κ1) is 21.0. The number of benzene rings is 1. The molecule has 1 aliphatic heterocycles. The van der Waals surface area contributed by atoms with Crippen molar-refractivity contribution in [1.29, 1.82) is 0 Å². The number of hydrogen-bond acceptors (Lipinski definition) is 8. The van der Waals surface area contributed by atoms with Gasteiger partial charge in [0.2, 0.25) is 5.95 Å². The number of nitrogens with two attached hydrogens (primary N) is 1. The van der Waals surface area contributed by atoms with E-state index in [2.05, 4.69) is 41.1 Å². The van der Waals surface area contributed by atoms with E-state index in [-0.39, 0.29) is 11.9 Å². The number of likely N-dealkylation sites (tertiary alicyclic amines) is 1. The summed E-state index contributed by atoms with van der Waals surface area (Å²) in [6.07, 6.45) is 3.68. The number of aromatic nitrogens is 2. The van der Waals surface area contributed by atoms with Crippen LogP contribution in [0, 0.1) is 0 Å². The number of piperidine rings is 1. The second kappa shape index (κ2) is 9.17. The van der Waals surface area contributed by atoms with E-state index in [4.69, 9.17) is 19.9 Å². The van der Waals surface area contributed by atoms with Crippen LogP contribution in [0.15, 0.2) is 18.3 Å². The summed E-state index contributed by atoms with van der Waals surface area (Å²) in [7, 11) is 5.37. The zero-order valence-electron chi connectivity index (χ0n) is 17.9. The first-order chi connectivity index (χ1) is 13.9. The molecule has 8 heteroatoms. The molecule has 0 spiro atoms. The predicted octanol–water partition coefficient (Wildman–Crippen LogP) is 3.50. The minimum absolute atomic E-state index is 0.212. The van der Waals surface area contributed by atoms with Crippen LogP contribution in [0.4, 0.5) is 11.8 Å². The molecule has 0 amide bonds. The van der Waals surface area contributed by atoms with Crippen molar-refractivity contribution in [3.63, 3.8) is 0 Å². The van der Waals surface area contributed by atoms with Crippen LogP contribution in [0.5, 0.6) is 23.0 Å². The minimum Gasteiger partial charge on any atom is -0.493 e. The van der Waals surface area contributed by atoms with Gasteiger partial charge in [-0.25, -0.2) is 4.98 Å². The topological polar surface area (TPSA) is 94.8 Å². The van der Waals surface area contributed by atoms with Crippen molar-refractivity contribution in [2.75, 3.05) is 45.4 Å². The maximum atomic E-state index is 6.27. The summed E-state index contributed by atoms with van der Waals surface area (Å²) in [5.74, 6) is 3.53. The van der Waals surface area contributed by atoms with Gasteiger partial charge in [0, 0.05) is 17.7 Å². The van der Waals surface area contributed by atoms with Gasteiger partial charge < -0.3 is 30.2 Å². The van der Waals surface area contributed by atoms with Crippen LogP contribution in [0.25, 0.3) is 0 Å². The van der Waals surface area contributed by atoms with E-state index >= 15 is 0 Å². The molecule has 0 unspecified atom stereocenters. The molecule has 0 saturated carbocycles. The Morgan fingerprint density at radius 2 is 1.72 bits per heavy atom. The highest BCUT2D eigenvalue weighted by Gasteiger charge is 2.21. The quantitative estimate of drug-likeness (QED) is 0.728. The van der Waals surface area contributed by atoms with E-state index in [1.54, 1.807) is 20.4 Å². The zero-order chi connectivity index (χ0) is 21.0. The standard InChI is InChI=1S/C21H31N5O3/c1-13(2)15-10-17(27-4)18(28-5)11-16(15)29-19-12-23-21(22)25-20(19)24-14-6-8-26(3)9-7-14/h10-14H,6-9H2,1-5H3,(H3,22,23,24,25). The second-order valence-electron chi connectivity index (χ2n) is 7.66. The predicted molar refractivity (Wildman–Crippen MR) is 114 cm³/mol. The monoisotopic (exact) mass is 401 g/mol. The third-order valence-corrected chi connectivity index (χ3v) is 5.19. The van der Waals surface area contributed by atoms with Gasteiger partial charge in [-0.05, 0) is 45.0 Å². The van der Waals surface area contributed by atoms with E-state index in [9.17, 15) is 0 Å². The van der Waals surface area contributed by atoms with Crippen LogP contribution < -0.4 is 25.3 Å². The third kappa shape index (κ3) is 5.00. The number of ether oxygens (including phenoxy) is 3. The molecule has 158 valence electrons. The molecule has 3 rings (SSSR count). The molecule has 0 bridgehead atoms. The van der Waals surface area contributed by atoms with Crippen molar-refractivity contribution in [2.24, 2.45) is 0 Å². The maximum Gasteiger partial charge on any atom is 0.222 e. The number of hydrogen-bond donors (Lipinski definition) is 2. The lowest BCUT2D eigenvalue weighted by Gasteiger charge is -2.30. The highest BCUT2D eigenvalue weighted by atomic mass is 16.5. The molecular weight excluding hydrogens is 370 g/mol. The van der Waals surface area contributed by atoms with Gasteiger partial charge >= 0.3 is 0 Å². The smallest absolute Gasteiger partial charge is 0.222 e. The Kier molecular flexibility index (Phi) is 6.64. The minimum atomic E-state index is 0.212. The summed E-state index contributed by atoms with van der Waals surface area (Å²) in [4.78, 5) is 10.8. The molecular formula is C21H31N5O3. The summed E-state index contributed by atoms with van der Waals surface area (Å²) in [6.45, 7) is 6.29. The highest BCUT2D eigenvalue weighted by Crippen LogP contribution is 2.41. The number of nitrogen functional groups attached to an aromatic ring is 1. The lowest BCUT2D eigenvalue weighted by atomic mass is 10.0. The normalized spacial score (nSPS) is 15.4. The summed E-state index contributed by atoms with van der Waals surface area (Å²) in [5, 5.41) is 3.49. The molecule has 1 fully saturated rings. The molecule has 1 aliphatic rings. The van der Waals surface area contributed by atoms with Gasteiger partial charge in [0.15, 0.2) is 23.1 Å². The summed E-state index contributed by atoms with van der Waals surface area (Å²) in [5.41, 5.74) is 6.85. The molecule has 0 radical (unpaired) electrons. The van der Waals surface area contributed by atoms with Crippen molar-refractivity contribution in [3.05, 3.63) is 23.9 Å². The molecule has 2 aromatic rings. The van der Waals surface area contributed by atoms with Crippen molar-refractivity contribution >= 4 is 11.8 Å². The van der Waals surface area contributed by atoms with E-state index in [1.807, 2.05) is 12.1 Å². The average molecular weight is 402 g/mol. The first-order valence-corrected chi connectivity index (χ1v) is 9.92. The van der Waals surface area contributed by atoms with Gasteiger partial charge in [0.1, 0.15) is 5.75 Å². The van der Waals surface area contributed by atoms with E-state index in [0.717, 1.165) is 31.5 Å². The Labute approximate surface area is 172 Å². The molecule has 1 aromatic carbocycles. The van der Waals surface area contributed by atoms with Crippen molar-refractivity contribution in [1.82, 2.24) is 14.9 Å². The summed E-state index contributed by atoms with van der Waals surface area (Å²) >= 11 is 0. The Hall–Kier alpha value is -2.74. The SMILES string of the molecule is COc1cc(Oc2cnc(N)nc2NC2CCN(C)CC2)c(C(C)C)cc1OC. The van der Waals surface area contributed by atoms with Gasteiger partial charge in [-0.1, -0.05) is 13.8 Å². The first-order valence-electron chi connectivity index (χ1n) is 9.92. The van der Waals surface area contributed by atoms with Crippen LogP contribution >= 0.6 is 0 Å². The summed E-state index contributed by atoms with van der Waals surface area (Å²) < 4.78 is 17.2. The fourth-order valence-corrected chi connectivity index (χ4v) is 3.44. The maximum absolute atomic E-state index is 6.27. The number of methoxy groups -OCH3 is 2. The number of nitrogens with one attached hydrogen (secondary N) is 1. The molecule has 3 N–H and O–H groups in total. The van der Waals surface area contributed by atoms with Crippen LogP contribution in [0.2, 0.25) is 0 Å². The van der Waals surface area contributed by atoms with E-state index in [1.165, 1.54) is 0 Å². The van der Waals surface area contributed by atoms with Gasteiger partial charge in [0.25, 0.3) is 0 Å². The Bertz CT molecular complexity index is 835. The van der Waals surface area contributed by atoms with Gasteiger partial charge in [0.05, 0.1) is 20.4 Å². The van der Waals surface area contributed by atoms with Gasteiger partial charge in [-0.2, -0.15) is 4.98 Å². The molecule has 29 heavy (non-hydrogen) atoms. The van der Waals surface area contributed by atoms with Crippen LogP contribution in [-0.4, -0.2) is 55.3 Å². The van der Waals surface area contributed by atoms with Crippen molar-refractivity contribution < 1.29 is 14.2 Å². The van der Waals surface area contributed by atoms with E-state index in [0.29, 0.717) is 34.9 Å². The molecule has 1 saturated heterocycles. The number of nitrogens with zero attached hydrogens (tertiary/aromatic N) is 3. The van der Waals surface area contributed by atoms with Gasteiger partial charge in [-0.15, -0.1) is 0 Å². The average Bonchev–Trinajstić information content (AvgIpc) is 2.71. The van der Waals surface area contributed by atoms with Crippen molar-refractivity contribution in [3.8, 4) is 23.0 Å². The Balaban J connectivity index is 1.91. The Morgan fingerprint density at radius 1 is 1.07 bits per heavy atom. The van der Waals surface area contributed by atoms with Gasteiger partial charge in [-0.3, -0.25) is 0 Å². The molecule has 0 atom stereocenters. The van der Waals surface area contributed by atoms with Crippen LogP contribution in [0.3, 0.4) is 0 Å². The summed E-state index contributed by atoms with van der Waals surface area (Å²) in [6, 6.07) is 4.10. The van der Waals surface area contributed by atoms with Crippen molar-refractivity contribution in [2.45, 2.75) is 38.6 Å². The fraction of sp³-hybridized carbons (Fsp3) is 0.524. The number of rotatable bonds is 7. The molecule has 0 aliphatic carbocycles. The lowest BCUT2D eigenvalue weighted by molar-refractivity contribution is 0.263. The highest BCUT2D eigenvalue weighted by molar-refractivity contribution is 5.57. The molecule has 8 nitrogen and oxygen atoms in total. The number of anilines is 2. The molecule has 2 heterocycles. The van der Waals surface area contributed by atoms with Crippen LogP contribution in [-0.2, 0) is 0 Å². The van der Waals surface area contributed by atoms with E-state index < -0.39 is 0 Å². The largest absolute Gasteiger partial charge is 0.493 e. The molecule has 1 aromatic heterocycles. The lowest BCUT2D eigenvalue weighted by Crippen LogP contribution is -2.37.